The van der Waals surface area contributed by atoms with E-state index in [4.69, 9.17) is 10.00 Å². The highest BCUT2D eigenvalue weighted by Crippen LogP contribution is 2.21. The Morgan fingerprint density at radius 3 is 2.78 bits per heavy atom. The molecule has 0 amide bonds. The van der Waals surface area contributed by atoms with Crippen molar-refractivity contribution in [2.75, 3.05) is 13.7 Å². The summed E-state index contributed by atoms with van der Waals surface area (Å²) >= 11 is 0.966. The predicted molar refractivity (Wildman–Crippen MR) is 69.9 cm³/mol. The molecule has 1 heterocycles. The molecule has 0 spiro atoms. The number of sulfonamides is 1. The first-order valence-corrected chi connectivity index (χ1v) is 7.84. The number of hydrogen-bond donors (Lipinski definition) is 1. The fourth-order valence-corrected chi connectivity index (χ4v) is 3.90. The van der Waals surface area contributed by atoms with Gasteiger partial charge in [-0.3, -0.25) is 0 Å². The molecule has 5 nitrogen and oxygen atoms in total. The molecule has 0 fully saturated rings. The Morgan fingerprint density at radius 1 is 1.56 bits per heavy atom. The van der Waals surface area contributed by atoms with E-state index in [9.17, 15) is 8.42 Å². The van der Waals surface area contributed by atoms with E-state index in [-0.39, 0.29) is 10.3 Å². The second kappa shape index (κ2) is 6.85. The minimum absolute atomic E-state index is 0.163. The van der Waals surface area contributed by atoms with Gasteiger partial charge in [0.25, 0.3) is 0 Å². The Morgan fingerprint density at radius 2 is 2.28 bits per heavy atom. The first-order valence-electron chi connectivity index (χ1n) is 5.54. The predicted octanol–water partition coefficient (Wildman–Crippen LogP) is 1.71. The van der Waals surface area contributed by atoms with Gasteiger partial charge in [-0.2, -0.15) is 5.26 Å². The highest BCUT2D eigenvalue weighted by Gasteiger charge is 2.21. The van der Waals surface area contributed by atoms with Crippen LogP contribution in [0.15, 0.2) is 16.3 Å². The molecule has 0 aromatic carbocycles. The molecule has 100 valence electrons. The molecule has 1 rings (SSSR count). The maximum absolute atomic E-state index is 12.1. The Bertz CT molecular complexity index is 511. The maximum Gasteiger partial charge on any atom is 0.250 e. The molecule has 0 saturated heterocycles. The number of nitrogens with zero attached hydrogens (tertiary/aromatic N) is 1. The van der Waals surface area contributed by atoms with Crippen LogP contribution in [0.1, 0.15) is 24.6 Å². The van der Waals surface area contributed by atoms with Crippen molar-refractivity contribution in [1.82, 2.24) is 4.72 Å². The number of nitrogens with one attached hydrogen (secondary N) is 1. The van der Waals surface area contributed by atoms with E-state index >= 15 is 0 Å². The minimum atomic E-state index is -3.56. The molecule has 0 saturated carbocycles. The second-order valence-electron chi connectivity index (χ2n) is 3.79. The molecule has 0 radical (unpaired) electrons. The maximum atomic E-state index is 12.1. The van der Waals surface area contributed by atoms with Crippen molar-refractivity contribution < 1.29 is 13.2 Å². The van der Waals surface area contributed by atoms with E-state index in [0.717, 1.165) is 17.8 Å². The van der Waals surface area contributed by atoms with Crippen molar-refractivity contribution in [2.24, 2.45) is 0 Å². The minimum Gasteiger partial charge on any atom is -0.383 e. The smallest absolute Gasteiger partial charge is 0.250 e. The Hall–Kier alpha value is -0.940. The first kappa shape index (κ1) is 15.1. The molecule has 18 heavy (non-hydrogen) atoms. The van der Waals surface area contributed by atoms with Crippen LogP contribution in [0.4, 0.5) is 0 Å². The van der Waals surface area contributed by atoms with Gasteiger partial charge in [-0.25, -0.2) is 13.1 Å². The van der Waals surface area contributed by atoms with Crippen LogP contribution in [0.25, 0.3) is 0 Å². The first-order chi connectivity index (χ1) is 8.53. The van der Waals surface area contributed by atoms with Gasteiger partial charge in [-0.1, -0.05) is 13.3 Å². The number of rotatable bonds is 7. The van der Waals surface area contributed by atoms with Gasteiger partial charge in [0, 0.05) is 13.2 Å². The summed E-state index contributed by atoms with van der Waals surface area (Å²) in [4.78, 5) is 0.383. The van der Waals surface area contributed by atoms with Crippen LogP contribution in [0.2, 0.25) is 0 Å². The SMILES string of the molecule is CCCC(COC)NS(=O)(=O)c1ccc(C#N)s1. The van der Waals surface area contributed by atoms with E-state index in [1.165, 1.54) is 19.2 Å². The highest BCUT2D eigenvalue weighted by atomic mass is 32.2. The van der Waals surface area contributed by atoms with Gasteiger partial charge < -0.3 is 4.74 Å². The molecule has 0 aliphatic carbocycles. The molecule has 1 atom stereocenters. The summed E-state index contributed by atoms with van der Waals surface area (Å²) in [5.74, 6) is 0. The summed E-state index contributed by atoms with van der Waals surface area (Å²) in [6, 6.07) is 4.64. The number of methoxy groups -OCH3 is 1. The van der Waals surface area contributed by atoms with Crippen molar-refractivity contribution >= 4 is 21.4 Å². The van der Waals surface area contributed by atoms with E-state index in [1.807, 2.05) is 13.0 Å². The van der Waals surface area contributed by atoms with Gasteiger partial charge >= 0.3 is 0 Å². The van der Waals surface area contributed by atoms with Gasteiger partial charge in [-0.15, -0.1) is 11.3 Å². The molecule has 0 bridgehead atoms. The largest absolute Gasteiger partial charge is 0.383 e. The lowest BCUT2D eigenvalue weighted by Gasteiger charge is -2.16. The average molecular weight is 288 g/mol. The monoisotopic (exact) mass is 288 g/mol. The Labute approximate surface area is 111 Å². The third kappa shape index (κ3) is 4.07. The van der Waals surface area contributed by atoms with E-state index in [1.54, 1.807) is 0 Å². The number of ether oxygens (including phenoxy) is 1. The standard InChI is InChI=1S/C11H16N2O3S2/c1-3-4-9(8-16-2)13-18(14,15)11-6-5-10(7-12)17-11/h5-6,9,13H,3-4,8H2,1-2H3. The molecule has 7 heteroatoms. The Kier molecular flexibility index (Phi) is 5.75. The van der Waals surface area contributed by atoms with Crippen LogP contribution < -0.4 is 4.72 Å². The van der Waals surface area contributed by atoms with Crippen LogP contribution in [-0.4, -0.2) is 28.2 Å². The van der Waals surface area contributed by atoms with Crippen LogP contribution in [-0.2, 0) is 14.8 Å². The third-order valence-corrected chi connectivity index (χ3v) is 5.29. The fourth-order valence-electron chi connectivity index (χ4n) is 1.53. The third-order valence-electron chi connectivity index (χ3n) is 2.28. The van der Waals surface area contributed by atoms with Crippen LogP contribution >= 0.6 is 11.3 Å². The molecule has 1 aromatic heterocycles. The van der Waals surface area contributed by atoms with Crippen molar-refractivity contribution in [1.29, 1.82) is 5.26 Å². The van der Waals surface area contributed by atoms with Gasteiger partial charge in [0.1, 0.15) is 15.2 Å². The van der Waals surface area contributed by atoms with Gasteiger partial charge in [0.2, 0.25) is 10.0 Å². The van der Waals surface area contributed by atoms with E-state index in [2.05, 4.69) is 4.72 Å². The highest BCUT2D eigenvalue weighted by molar-refractivity contribution is 7.91. The zero-order chi connectivity index (χ0) is 13.6. The van der Waals surface area contributed by atoms with E-state index < -0.39 is 10.0 Å². The molecule has 0 aliphatic rings. The zero-order valence-electron chi connectivity index (χ0n) is 10.3. The molecule has 1 unspecified atom stereocenters. The average Bonchev–Trinajstić information content (AvgIpc) is 2.78. The van der Waals surface area contributed by atoms with Gasteiger partial charge in [0.05, 0.1) is 6.61 Å². The normalized spacial score (nSPS) is 13.2. The van der Waals surface area contributed by atoms with Crippen molar-refractivity contribution in [3.63, 3.8) is 0 Å². The summed E-state index contributed by atoms with van der Waals surface area (Å²) < 4.78 is 31.9. The van der Waals surface area contributed by atoms with Crippen molar-refractivity contribution in [3.05, 3.63) is 17.0 Å². The van der Waals surface area contributed by atoms with E-state index in [0.29, 0.717) is 17.9 Å². The van der Waals surface area contributed by atoms with Crippen molar-refractivity contribution in [3.8, 4) is 6.07 Å². The molecule has 1 aromatic rings. The van der Waals surface area contributed by atoms with Crippen LogP contribution in [0, 0.1) is 11.3 Å². The van der Waals surface area contributed by atoms with Crippen LogP contribution in [0.3, 0.4) is 0 Å². The van der Waals surface area contributed by atoms with Crippen molar-refractivity contribution in [2.45, 2.75) is 30.0 Å². The molecule has 0 aliphatic heterocycles. The second-order valence-corrected chi connectivity index (χ2v) is 6.82. The summed E-state index contributed by atoms with van der Waals surface area (Å²) in [6.45, 7) is 2.32. The fraction of sp³-hybridized carbons (Fsp3) is 0.545. The van der Waals surface area contributed by atoms with Gasteiger partial charge in [-0.05, 0) is 18.6 Å². The number of thiophene rings is 1. The summed E-state index contributed by atoms with van der Waals surface area (Å²) in [7, 11) is -2.02. The molecule has 1 N–H and O–H groups in total. The summed E-state index contributed by atoms with van der Waals surface area (Å²) in [6.07, 6.45) is 1.58. The zero-order valence-corrected chi connectivity index (χ0v) is 12.0. The van der Waals surface area contributed by atoms with Gasteiger partial charge in [0.15, 0.2) is 0 Å². The lowest BCUT2D eigenvalue weighted by Crippen LogP contribution is -2.37. The topological polar surface area (TPSA) is 79.2 Å². The quantitative estimate of drug-likeness (QED) is 0.828. The molecular formula is C11H16N2O3S2. The lowest BCUT2D eigenvalue weighted by atomic mass is 10.2. The lowest BCUT2D eigenvalue weighted by molar-refractivity contribution is 0.171. The number of hydrogen-bond acceptors (Lipinski definition) is 5. The Balaban J connectivity index is 2.83. The molecular weight excluding hydrogens is 272 g/mol. The summed E-state index contributed by atoms with van der Waals surface area (Å²) in [5, 5.41) is 8.69. The summed E-state index contributed by atoms with van der Waals surface area (Å²) in [5.41, 5.74) is 0. The number of nitriles is 1. The van der Waals surface area contributed by atoms with Crippen LogP contribution in [0.5, 0.6) is 0 Å².